The molecule has 1 aromatic carbocycles. The van der Waals surface area contributed by atoms with Crippen molar-refractivity contribution in [2.45, 2.75) is 12.2 Å². The van der Waals surface area contributed by atoms with Gasteiger partial charge >= 0.3 is 0 Å². The number of thiophene rings is 1. The highest BCUT2D eigenvalue weighted by atomic mass is 32.1. The zero-order valence-electron chi connectivity index (χ0n) is 15.2. The lowest BCUT2D eigenvalue weighted by Crippen LogP contribution is -2.41. The number of nitrogens with one attached hydrogen (secondary N) is 1. The van der Waals surface area contributed by atoms with Crippen LogP contribution in [0.4, 0.5) is 5.95 Å². The van der Waals surface area contributed by atoms with E-state index in [2.05, 4.69) is 31.3 Å². The highest BCUT2D eigenvalue weighted by Gasteiger charge is 2.33. The Balaban J connectivity index is 1.42. The molecule has 29 heavy (non-hydrogen) atoms. The molecule has 5 heterocycles. The van der Waals surface area contributed by atoms with Crippen LogP contribution in [0.5, 0.6) is 0 Å². The Bertz CT molecular complexity index is 1280. The molecule has 4 aromatic heterocycles. The Morgan fingerprint density at radius 2 is 2.07 bits per heavy atom. The van der Waals surface area contributed by atoms with Gasteiger partial charge in [-0.1, -0.05) is 17.3 Å². The number of rotatable bonds is 3. The summed E-state index contributed by atoms with van der Waals surface area (Å²) < 4.78 is 12.6. The molecule has 1 aliphatic rings. The van der Waals surface area contributed by atoms with Crippen molar-refractivity contribution in [1.82, 2.24) is 25.3 Å². The second kappa shape index (κ2) is 6.64. The van der Waals surface area contributed by atoms with Crippen LogP contribution in [-0.4, -0.2) is 38.4 Å². The van der Waals surface area contributed by atoms with Gasteiger partial charge in [0.05, 0.1) is 47.4 Å². The minimum Gasteiger partial charge on any atom is -0.364 e. The summed E-state index contributed by atoms with van der Waals surface area (Å²) in [6, 6.07) is 8.13. The Kier molecular flexibility index (Phi) is 3.81. The summed E-state index contributed by atoms with van der Waals surface area (Å²) in [5.41, 5.74) is 3.93. The van der Waals surface area contributed by atoms with E-state index in [0.29, 0.717) is 19.0 Å². The second-order valence-electron chi connectivity index (χ2n) is 6.99. The molecule has 8 nitrogen and oxygen atoms in total. The highest BCUT2D eigenvalue weighted by molar-refractivity contribution is 7.17. The van der Waals surface area contributed by atoms with E-state index in [1.54, 1.807) is 23.8 Å². The number of benzene rings is 1. The molecular formula is C20H16N6O2S. The lowest BCUT2D eigenvalue weighted by atomic mass is 10.0. The number of anilines is 1. The van der Waals surface area contributed by atoms with Crippen molar-refractivity contribution in [3.8, 4) is 0 Å². The quantitative estimate of drug-likeness (QED) is 0.488. The van der Waals surface area contributed by atoms with E-state index >= 15 is 0 Å². The van der Waals surface area contributed by atoms with Gasteiger partial charge in [-0.3, -0.25) is 5.10 Å². The topological polar surface area (TPSA) is 93.0 Å². The molecule has 0 spiro atoms. The molecule has 1 N–H and O–H groups in total. The molecule has 2 atom stereocenters. The van der Waals surface area contributed by atoms with Gasteiger partial charge in [0.1, 0.15) is 18.5 Å². The van der Waals surface area contributed by atoms with Gasteiger partial charge in [-0.2, -0.15) is 5.10 Å². The molecule has 1 saturated heterocycles. The van der Waals surface area contributed by atoms with E-state index < -0.39 is 0 Å². The lowest BCUT2D eigenvalue weighted by Gasteiger charge is -2.38. The second-order valence-corrected chi connectivity index (χ2v) is 7.94. The number of hydrogen-bond donors (Lipinski definition) is 1. The van der Waals surface area contributed by atoms with E-state index in [0.717, 1.165) is 32.2 Å². The van der Waals surface area contributed by atoms with Crippen LogP contribution in [0.25, 0.3) is 21.1 Å². The normalized spacial score (nSPS) is 19.9. The molecule has 2 unspecified atom stereocenters. The predicted molar refractivity (Wildman–Crippen MR) is 109 cm³/mol. The smallest absolute Gasteiger partial charge is 0.226 e. The molecular weight excluding hydrogens is 388 g/mol. The molecule has 0 aliphatic carbocycles. The Labute approximate surface area is 169 Å². The Morgan fingerprint density at radius 3 is 3.00 bits per heavy atom. The summed E-state index contributed by atoms with van der Waals surface area (Å²) >= 11 is 1.64. The number of aromatic amines is 1. The standard InChI is InChI=1S/C20H16N6O2S/c1-2-13(14-7-22-25-15(14)3-1)18-10-26(9-17(28-18)12-6-23-27-11-12)20-21-8-19-16(24-20)4-5-29-19/h1-8,11,17-18H,9-10H2,(H,22,25). The molecule has 0 amide bonds. The monoisotopic (exact) mass is 404 g/mol. The van der Waals surface area contributed by atoms with Crippen LogP contribution >= 0.6 is 11.3 Å². The summed E-state index contributed by atoms with van der Waals surface area (Å²) in [7, 11) is 0. The average Bonchev–Trinajstić information content (AvgIpc) is 3.53. The highest BCUT2D eigenvalue weighted by Crippen LogP contribution is 2.37. The maximum Gasteiger partial charge on any atom is 0.226 e. The zero-order chi connectivity index (χ0) is 19.2. The molecule has 9 heteroatoms. The molecule has 5 aromatic rings. The first-order valence-electron chi connectivity index (χ1n) is 9.27. The number of aromatic nitrogens is 5. The number of hydrogen-bond acceptors (Lipinski definition) is 8. The molecule has 1 fully saturated rings. The van der Waals surface area contributed by atoms with Crippen LogP contribution in [0.1, 0.15) is 23.3 Å². The summed E-state index contributed by atoms with van der Waals surface area (Å²) in [5.74, 6) is 0.699. The fraction of sp³-hybridized carbons (Fsp3) is 0.200. The fourth-order valence-corrected chi connectivity index (χ4v) is 4.52. The van der Waals surface area contributed by atoms with E-state index in [1.807, 2.05) is 36.0 Å². The van der Waals surface area contributed by atoms with Crippen molar-refractivity contribution in [1.29, 1.82) is 0 Å². The van der Waals surface area contributed by atoms with Crippen molar-refractivity contribution in [3.05, 3.63) is 65.6 Å². The molecule has 1 aliphatic heterocycles. The first-order chi connectivity index (χ1) is 14.3. The third kappa shape index (κ3) is 2.86. The third-order valence-corrected chi connectivity index (χ3v) is 6.10. The van der Waals surface area contributed by atoms with Gasteiger partial charge in [0, 0.05) is 10.9 Å². The summed E-state index contributed by atoms with van der Waals surface area (Å²) in [5, 5.41) is 14.2. The SMILES string of the molecule is c1cc(C2CN(c3ncc4sccc4n3)CC(c3cnoc3)O2)c2cn[nH]c2c1. The maximum atomic E-state index is 6.48. The minimum atomic E-state index is -0.205. The van der Waals surface area contributed by atoms with Gasteiger partial charge in [0.25, 0.3) is 0 Å². The first kappa shape index (κ1) is 16.6. The average molecular weight is 404 g/mol. The van der Waals surface area contributed by atoms with Gasteiger partial charge in [-0.05, 0) is 23.1 Å². The van der Waals surface area contributed by atoms with E-state index in [9.17, 15) is 0 Å². The summed E-state index contributed by atoms with van der Waals surface area (Å²) in [6.07, 6.45) is 6.68. The summed E-state index contributed by atoms with van der Waals surface area (Å²) in [6.45, 7) is 1.26. The number of H-pyrrole nitrogens is 1. The van der Waals surface area contributed by atoms with E-state index in [4.69, 9.17) is 14.2 Å². The number of ether oxygens (including phenoxy) is 1. The van der Waals surface area contributed by atoms with Crippen molar-refractivity contribution in [3.63, 3.8) is 0 Å². The van der Waals surface area contributed by atoms with Gasteiger partial charge in [0.2, 0.25) is 5.95 Å². The maximum absolute atomic E-state index is 6.48. The van der Waals surface area contributed by atoms with Crippen molar-refractivity contribution in [2.75, 3.05) is 18.0 Å². The van der Waals surface area contributed by atoms with E-state index in [1.165, 1.54) is 0 Å². The molecule has 144 valence electrons. The molecule has 6 rings (SSSR count). The molecule has 0 bridgehead atoms. The van der Waals surface area contributed by atoms with Crippen LogP contribution in [0.15, 0.2) is 59.0 Å². The predicted octanol–water partition coefficient (Wildman–Crippen LogP) is 3.87. The molecule has 0 radical (unpaired) electrons. The number of fused-ring (bicyclic) bond motifs is 2. The fourth-order valence-electron chi connectivity index (χ4n) is 3.83. The Hall–Kier alpha value is -3.30. The number of nitrogens with zero attached hydrogens (tertiary/aromatic N) is 5. The Morgan fingerprint density at radius 1 is 1.10 bits per heavy atom. The minimum absolute atomic E-state index is 0.174. The largest absolute Gasteiger partial charge is 0.364 e. The van der Waals surface area contributed by atoms with Gasteiger partial charge in [-0.15, -0.1) is 11.3 Å². The van der Waals surface area contributed by atoms with Crippen molar-refractivity contribution >= 4 is 38.4 Å². The lowest BCUT2D eigenvalue weighted by molar-refractivity contribution is -0.0293. The molecule has 0 saturated carbocycles. The third-order valence-electron chi connectivity index (χ3n) is 5.26. The first-order valence-corrected chi connectivity index (χ1v) is 10.1. The zero-order valence-corrected chi connectivity index (χ0v) is 16.0. The van der Waals surface area contributed by atoms with Crippen LogP contribution in [0, 0.1) is 0 Å². The van der Waals surface area contributed by atoms with Crippen LogP contribution in [0.2, 0.25) is 0 Å². The van der Waals surface area contributed by atoms with Crippen LogP contribution in [-0.2, 0) is 4.74 Å². The van der Waals surface area contributed by atoms with E-state index in [-0.39, 0.29) is 12.2 Å². The van der Waals surface area contributed by atoms with Crippen LogP contribution in [0.3, 0.4) is 0 Å². The van der Waals surface area contributed by atoms with Gasteiger partial charge in [-0.25, -0.2) is 9.97 Å². The van der Waals surface area contributed by atoms with Gasteiger partial charge in [0.15, 0.2) is 0 Å². The summed E-state index contributed by atoms with van der Waals surface area (Å²) in [4.78, 5) is 11.5. The van der Waals surface area contributed by atoms with Crippen molar-refractivity contribution < 1.29 is 9.26 Å². The van der Waals surface area contributed by atoms with Crippen molar-refractivity contribution in [2.24, 2.45) is 0 Å². The van der Waals surface area contributed by atoms with Gasteiger partial charge < -0.3 is 14.2 Å². The number of morpholine rings is 1. The van der Waals surface area contributed by atoms with Crippen LogP contribution < -0.4 is 4.90 Å².